The molecule has 0 aromatic carbocycles. The largest absolute Gasteiger partial charge is 0.357 e. The van der Waals surface area contributed by atoms with Gasteiger partial charge in [-0.1, -0.05) is 6.92 Å². The third kappa shape index (κ3) is 4.81. The van der Waals surface area contributed by atoms with Gasteiger partial charge in [0.05, 0.1) is 11.9 Å². The number of hydrogen-bond donors (Lipinski definition) is 2. The van der Waals surface area contributed by atoms with Crippen molar-refractivity contribution in [2.45, 2.75) is 33.6 Å². The van der Waals surface area contributed by atoms with Crippen LogP contribution in [0, 0.1) is 5.92 Å². The van der Waals surface area contributed by atoms with Crippen molar-refractivity contribution in [3.8, 4) is 0 Å². The Kier molecular flexibility index (Phi) is 7.01. The Morgan fingerprint density at radius 2 is 2.10 bits per heavy atom. The first-order valence-electron chi connectivity index (χ1n) is 7.34. The minimum Gasteiger partial charge on any atom is -0.357 e. The molecule has 0 radical (unpaired) electrons. The van der Waals surface area contributed by atoms with Crippen LogP contribution >= 0.6 is 0 Å². The highest BCUT2D eigenvalue weighted by molar-refractivity contribution is 5.92. The van der Waals surface area contributed by atoms with E-state index in [0.29, 0.717) is 6.54 Å². The summed E-state index contributed by atoms with van der Waals surface area (Å²) >= 11 is 0. The first-order chi connectivity index (χ1) is 9.62. The standard InChI is InChI=1S/C15H26N4O/c1-4-19(5-2)14-9-8-13(11-17-14)18-15(20)12(3)7-6-10-16/h8-9,11-12H,4-7,10,16H2,1-3H3,(H,18,20). The van der Waals surface area contributed by atoms with Gasteiger partial charge in [-0.2, -0.15) is 0 Å². The molecule has 3 N–H and O–H groups in total. The number of pyridine rings is 1. The lowest BCUT2D eigenvalue weighted by Crippen LogP contribution is -2.23. The summed E-state index contributed by atoms with van der Waals surface area (Å²) in [6.45, 7) is 8.58. The summed E-state index contributed by atoms with van der Waals surface area (Å²) in [6.07, 6.45) is 3.39. The molecule has 112 valence electrons. The number of aromatic nitrogens is 1. The van der Waals surface area contributed by atoms with Crippen LogP contribution < -0.4 is 16.0 Å². The van der Waals surface area contributed by atoms with Gasteiger partial charge in [-0.05, 0) is 45.4 Å². The van der Waals surface area contributed by atoms with Gasteiger partial charge in [-0.25, -0.2) is 4.98 Å². The van der Waals surface area contributed by atoms with Gasteiger partial charge < -0.3 is 16.0 Å². The highest BCUT2D eigenvalue weighted by Crippen LogP contribution is 2.15. The second kappa shape index (κ2) is 8.53. The van der Waals surface area contributed by atoms with Crippen molar-refractivity contribution in [3.05, 3.63) is 18.3 Å². The van der Waals surface area contributed by atoms with Crippen molar-refractivity contribution < 1.29 is 4.79 Å². The number of carbonyl (C=O) groups excluding carboxylic acids is 1. The van der Waals surface area contributed by atoms with Crippen molar-refractivity contribution in [2.75, 3.05) is 29.9 Å². The smallest absolute Gasteiger partial charge is 0.227 e. The third-order valence-electron chi connectivity index (χ3n) is 3.39. The second-order valence-electron chi connectivity index (χ2n) is 4.90. The van der Waals surface area contributed by atoms with Crippen LogP contribution in [-0.2, 0) is 4.79 Å². The van der Waals surface area contributed by atoms with Crippen LogP contribution in [0.2, 0.25) is 0 Å². The highest BCUT2D eigenvalue weighted by atomic mass is 16.1. The lowest BCUT2D eigenvalue weighted by atomic mass is 10.0. The van der Waals surface area contributed by atoms with Crippen molar-refractivity contribution in [3.63, 3.8) is 0 Å². The maximum Gasteiger partial charge on any atom is 0.227 e. The summed E-state index contributed by atoms with van der Waals surface area (Å²) in [6, 6.07) is 3.83. The maximum absolute atomic E-state index is 12.0. The summed E-state index contributed by atoms with van der Waals surface area (Å²) in [5.41, 5.74) is 6.20. The normalized spacial score (nSPS) is 12.0. The number of anilines is 2. The number of amides is 1. The van der Waals surface area contributed by atoms with E-state index in [0.717, 1.165) is 37.4 Å². The molecular weight excluding hydrogens is 252 g/mol. The van der Waals surface area contributed by atoms with Gasteiger partial charge in [0.2, 0.25) is 5.91 Å². The molecule has 1 rings (SSSR count). The number of hydrogen-bond acceptors (Lipinski definition) is 4. The molecule has 0 bridgehead atoms. The van der Waals surface area contributed by atoms with E-state index in [1.54, 1.807) is 6.20 Å². The number of nitrogens with one attached hydrogen (secondary N) is 1. The van der Waals surface area contributed by atoms with E-state index >= 15 is 0 Å². The maximum atomic E-state index is 12.0. The van der Waals surface area contributed by atoms with Crippen molar-refractivity contribution in [1.29, 1.82) is 0 Å². The zero-order valence-electron chi connectivity index (χ0n) is 12.7. The quantitative estimate of drug-likeness (QED) is 0.765. The fraction of sp³-hybridized carbons (Fsp3) is 0.600. The molecule has 1 heterocycles. The molecule has 0 saturated heterocycles. The predicted octanol–water partition coefficient (Wildman–Crippen LogP) is 2.24. The van der Waals surface area contributed by atoms with Crippen molar-refractivity contribution >= 4 is 17.4 Å². The van der Waals surface area contributed by atoms with Crippen molar-refractivity contribution in [1.82, 2.24) is 4.98 Å². The molecule has 0 aliphatic rings. The molecule has 1 amide bonds. The monoisotopic (exact) mass is 278 g/mol. The SMILES string of the molecule is CCN(CC)c1ccc(NC(=O)C(C)CCCN)cn1. The number of nitrogens with zero attached hydrogens (tertiary/aromatic N) is 2. The lowest BCUT2D eigenvalue weighted by molar-refractivity contribution is -0.119. The van der Waals surface area contributed by atoms with E-state index in [1.807, 2.05) is 19.1 Å². The predicted molar refractivity (Wildman–Crippen MR) is 83.9 cm³/mol. The molecule has 1 aromatic rings. The van der Waals surface area contributed by atoms with Gasteiger partial charge in [0.25, 0.3) is 0 Å². The Bertz CT molecular complexity index is 401. The molecule has 20 heavy (non-hydrogen) atoms. The first kappa shape index (κ1) is 16.4. The van der Waals surface area contributed by atoms with Crippen LogP contribution in [0.1, 0.15) is 33.6 Å². The van der Waals surface area contributed by atoms with Gasteiger partial charge in [0.1, 0.15) is 5.82 Å². The van der Waals surface area contributed by atoms with Gasteiger partial charge >= 0.3 is 0 Å². The van der Waals surface area contributed by atoms with Gasteiger partial charge in [-0.15, -0.1) is 0 Å². The average molecular weight is 278 g/mol. The molecule has 5 nitrogen and oxygen atoms in total. The van der Waals surface area contributed by atoms with E-state index < -0.39 is 0 Å². The molecule has 5 heteroatoms. The Morgan fingerprint density at radius 3 is 2.60 bits per heavy atom. The van der Waals surface area contributed by atoms with Crippen LogP contribution in [0.15, 0.2) is 18.3 Å². The minimum atomic E-state index is -0.0268. The van der Waals surface area contributed by atoms with Crippen molar-refractivity contribution in [2.24, 2.45) is 11.7 Å². The third-order valence-corrected chi connectivity index (χ3v) is 3.39. The van der Waals surface area contributed by atoms with Crippen LogP contribution in [0.5, 0.6) is 0 Å². The van der Waals surface area contributed by atoms with E-state index in [-0.39, 0.29) is 11.8 Å². The number of carbonyl (C=O) groups is 1. The zero-order chi connectivity index (χ0) is 15.0. The van der Waals surface area contributed by atoms with Gasteiger partial charge in [-0.3, -0.25) is 4.79 Å². The van der Waals surface area contributed by atoms with Crippen LogP contribution in [0.3, 0.4) is 0 Å². The molecular formula is C15H26N4O. The fourth-order valence-electron chi connectivity index (χ4n) is 2.02. The lowest BCUT2D eigenvalue weighted by Gasteiger charge is -2.20. The molecule has 1 aromatic heterocycles. The Morgan fingerprint density at radius 1 is 1.40 bits per heavy atom. The molecule has 1 atom stereocenters. The van der Waals surface area contributed by atoms with Crippen LogP contribution in [0.25, 0.3) is 0 Å². The topological polar surface area (TPSA) is 71.2 Å². The van der Waals surface area contributed by atoms with Gasteiger partial charge in [0.15, 0.2) is 0 Å². The van der Waals surface area contributed by atoms with Crippen LogP contribution in [0.4, 0.5) is 11.5 Å². The first-order valence-corrected chi connectivity index (χ1v) is 7.34. The van der Waals surface area contributed by atoms with E-state index in [4.69, 9.17) is 5.73 Å². The molecule has 0 aliphatic heterocycles. The summed E-state index contributed by atoms with van der Waals surface area (Å²) in [5.74, 6) is 0.932. The molecule has 0 spiro atoms. The molecule has 0 saturated carbocycles. The summed E-state index contributed by atoms with van der Waals surface area (Å²) < 4.78 is 0. The van der Waals surface area contributed by atoms with Crippen LogP contribution in [-0.4, -0.2) is 30.5 Å². The van der Waals surface area contributed by atoms with E-state index in [9.17, 15) is 4.79 Å². The number of nitrogens with two attached hydrogens (primary N) is 1. The zero-order valence-corrected chi connectivity index (χ0v) is 12.7. The molecule has 0 aliphatic carbocycles. The summed E-state index contributed by atoms with van der Waals surface area (Å²) in [7, 11) is 0. The summed E-state index contributed by atoms with van der Waals surface area (Å²) in [4.78, 5) is 18.5. The van der Waals surface area contributed by atoms with E-state index in [2.05, 4.69) is 29.0 Å². The number of rotatable bonds is 8. The highest BCUT2D eigenvalue weighted by Gasteiger charge is 2.12. The average Bonchev–Trinajstić information content (AvgIpc) is 2.47. The van der Waals surface area contributed by atoms with Gasteiger partial charge in [0, 0.05) is 19.0 Å². The minimum absolute atomic E-state index is 0.0239. The summed E-state index contributed by atoms with van der Waals surface area (Å²) in [5, 5.41) is 2.89. The second-order valence-corrected chi connectivity index (χ2v) is 4.90. The van der Waals surface area contributed by atoms with E-state index in [1.165, 1.54) is 0 Å². The molecule has 0 fully saturated rings. The molecule has 1 unspecified atom stereocenters. The Hall–Kier alpha value is -1.62. The Balaban J connectivity index is 2.58. The Labute approximate surface area is 121 Å². The fourth-order valence-corrected chi connectivity index (χ4v) is 2.02.